The molecule has 0 saturated heterocycles. The number of halogens is 2. The van der Waals surface area contributed by atoms with E-state index in [9.17, 15) is 18.4 Å². The van der Waals surface area contributed by atoms with Crippen LogP contribution in [0, 0.1) is 0 Å². The molecule has 2 aromatic heterocycles. The highest BCUT2D eigenvalue weighted by atomic mass is 19.3. The lowest BCUT2D eigenvalue weighted by molar-refractivity contribution is 0.152. The van der Waals surface area contributed by atoms with Gasteiger partial charge in [-0.05, 0) is 71.0 Å². The molecule has 2 aliphatic rings. The second-order valence-electron chi connectivity index (χ2n) is 10.0. The summed E-state index contributed by atoms with van der Waals surface area (Å²) in [5.41, 5.74) is 7.03. The Morgan fingerprint density at radius 3 is 2.62 bits per heavy atom. The number of anilines is 2. The lowest BCUT2D eigenvalue weighted by Gasteiger charge is -2.34. The average Bonchev–Trinajstić information content (AvgIpc) is 3.57. The first-order valence-electron chi connectivity index (χ1n) is 12.9. The van der Waals surface area contributed by atoms with Crippen molar-refractivity contribution in [3.63, 3.8) is 0 Å². The van der Waals surface area contributed by atoms with Gasteiger partial charge in [0.15, 0.2) is 0 Å². The summed E-state index contributed by atoms with van der Waals surface area (Å²) in [7, 11) is 3.36. The van der Waals surface area contributed by atoms with Gasteiger partial charge in [-0.2, -0.15) is 5.10 Å². The Bertz CT molecular complexity index is 1640. The third-order valence-corrected chi connectivity index (χ3v) is 7.55. The highest BCUT2D eigenvalue weighted by Gasteiger charge is 2.31. The van der Waals surface area contributed by atoms with Crippen LogP contribution < -0.4 is 15.8 Å². The molecule has 0 spiro atoms. The predicted octanol–water partition coefficient (Wildman–Crippen LogP) is 5.12. The number of hydrogen-bond donors (Lipinski definition) is 2. The van der Waals surface area contributed by atoms with E-state index in [2.05, 4.69) is 20.3 Å². The normalized spacial score (nSPS) is 14.5. The highest BCUT2D eigenvalue weighted by molar-refractivity contribution is 5.82. The number of H-pyrrole nitrogens is 1. The van der Waals surface area contributed by atoms with Gasteiger partial charge in [-0.15, -0.1) is 0 Å². The van der Waals surface area contributed by atoms with E-state index in [0.29, 0.717) is 30.8 Å². The number of nitrogens with one attached hydrogen (secondary N) is 2. The molecule has 0 fully saturated rings. The van der Waals surface area contributed by atoms with Crippen LogP contribution in [0.3, 0.4) is 0 Å². The zero-order chi connectivity index (χ0) is 27.3. The Morgan fingerprint density at radius 1 is 1.05 bits per heavy atom. The summed E-state index contributed by atoms with van der Waals surface area (Å²) >= 11 is 0. The molecule has 2 N–H and O–H groups in total. The van der Waals surface area contributed by atoms with E-state index in [4.69, 9.17) is 0 Å². The molecule has 2 aliphatic heterocycles. The van der Waals surface area contributed by atoms with Gasteiger partial charge in [0.05, 0.1) is 12.7 Å². The zero-order valence-electron chi connectivity index (χ0n) is 21.7. The second kappa shape index (κ2) is 9.68. The molecular formula is C29H28F2N6O2. The van der Waals surface area contributed by atoms with Gasteiger partial charge in [-0.25, -0.2) is 13.6 Å². The quantitative estimate of drug-likeness (QED) is 0.384. The summed E-state index contributed by atoms with van der Waals surface area (Å²) in [6.07, 6.45) is 3.91. The number of aromatic nitrogens is 3. The van der Waals surface area contributed by atoms with Crippen LogP contribution in [0.5, 0.6) is 0 Å². The number of alkyl halides is 2. The smallest absolute Gasteiger partial charge is 0.317 e. The van der Waals surface area contributed by atoms with Crippen molar-refractivity contribution < 1.29 is 13.6 Å². The van der Waals surface area contributed by atoms with Gasteiger partial charge >= 0.3 is 6.03 Å². The van der Waals surface area contributed by atoms with Gasteiger partial charge in [0.1, 0.15) is 0 Å². The Labute approximate surface area is 223 Å². The number of carbonyl (C=O) groups is 1. The van der Waals surface area contributed by atoms with Gasteiger partial charge < -0.3 is 20.1 Å². The van der Waals surface area contributed by atoms with E-state index in [1.165, 1.54) is 6.07 Å². The number of carbonyl (C=O) groups excluding carboxylic acids is 1. The van der Waals surface area contributed by atoms with Crippen LogP contribution >= 0.6 is 0 Å². The van der Waals surface area contributed by atoms with Crippen LogP contribution in [-0.2, 0) is 26.6 Å². The van der Waals surface area contributed by atoms with Crippen molar-refractivity contribution in [2.75, 3.05) is 18.5 Å². The monoisotopic (exact) mass is 530 g/mol. The first kappa shape index (κ1) is 24.8. The summed E-state index contributed by atoms with van der Waals surface area (Å²) in [5, 5.41) is 6.87. The number of hydrogen-bond acceptors (Lipinski definition) is 4. The summed E-state index contributed by atoms with van der Waals surface area (Å²) in [6.45, 7) is 1.47. The lowest BCUT2D eigenvalue weighted by atomic mass is 9.91. The third-order valence-electron chi connectivity index (χ3n) is 7.55. The van der Waals surface area contributed by atoms with Crippen LogP contribution in [0.25, 0.3) is 22.3 Å². The Balaban J connectivity index is 1.52. The van der Waals surface area contributed by atoms with Crippen molar-refractivity contribution in [2.45, 2.75) is 32.4 Å². The average molecular weight is 531 g/mol. The molecular weight excluding hydrogens is 502 g/mol. The number of nitrogens with zero attached hydrogens (tertiary/aromatic N) is 4. The number of benzene rings is 2. The zero-order valence-corrected chi connectivity index (χ0v) is 21.7. The number of aryl methyl sites for hydroxylation is 2. The summed E-state index contributed by atoms with van der Waals surface area (Å²) in [6, 6.07) is 10.7. The van der Waals surface area contributed by atoms with E-state index in [-0.39, 0.29) is 17.2 Å². The maximum Gasteiger partial charge on any atom is 0.317 e. The number of rotatable bonds is 4. The second-order valence-corrected chi connectivity index (χ2v) is 10.0. The van der Waals surface area contributed by atoms with Gasteiger partial charge in [0.2, 0.25) is 5.56 Å². The molecule has 2 aromatic carbocycles. The molecule has 4 aromatic rings. The van der Waals surface area contributed by atoms with Crippen LogP contribution in [0.2, 0.25) is 0 Å². The van der Waals surface area contributed by atoms with Crippen LogP contribution in [-0.4, -0.2) is 39.3 Å². The minimum Gasteiger partial charge on any atom is -0.341 e. The SMILES string of the molecule is CNC(=O)N1Cc2cc(-c3cc[nH]c(=O)c3)cc(N3CCCc4cc(-c5cnn(C)c5)c(C(F)F)cc43)c2C1. The number of fused-ring (bicyclic) bond motifs is 2. The molecule has 0 saturated carbocycles. The standard InChI is InChI=1S/C29H28F2N6O2/c1-32-29(39)36-15-20-8-19(17-5-6-33-27(38)11-17)10-26(24(20)16-36)37-7-3-4-18-9-22(21-13-34-35(2)14-21)23(28(30)31)12-25(18)37/h5-6,8-14,28H,3-4,7,15-16H2,1-2H3,(H,32,39)(H,33,38). The van der Waals surface area contributed by atoms with E-state index in [0.717, 1.165) is 52.0 Å². The summed E-state index contributed by atoms with van der Waals surface area (Å²) < 4.78 is 30.4. The maximum atomic E-state index is 14.4. The fraction of sp³-hybridized carbons (Fsp3) is 0.276. The number of amides is 2. The molecule has 200 valence electrons. The molecule has 0 atom stereocenters. The predicted molar refractivity (Wildman–Crippen MR) is 145 cm³/mol. The lowest BCUT2D eigenvalue weighted by Crippen LogP contribution is -2.34. The molecule has 0 bridgehead atoms. The van der Waals surface area contributed by atoms with Crippen molar-refractivity contribution in [3.05, 3.63) is 87.6 Å². The minimum atomic E-state index is -2.66. The van der Waals surface area contributed by atoms with Crippen molar-refractivity contribution in [1.82, 2.24) is 25.0 Å². The summed E-state index contributed by atoms with van der Waals surface area (Å²) in [4.78, 5) is 31.1. The maximum absolute atomic E-state index is 14.4. The van der Waals surface area contributed by atoms with Gasteiger partial charge in [0, 0.05) is 73.7 Å². The minimum absolute atomic E-state index is 0.0389. The highest BCUT2D eigenvalue weighted by Crippen LogP contribution is 2.45. The first-order valence-corrected chi connectivity index (χ1v) is 12.9. The molecule has 0 radical (unpaired) electrons. The molecule has 2 amide bonds. The van der Waals surface area contributed by atoms with Crippen molar-refractivity contribution in [2.24, 2.45) is 7.05 Å². The van der Waals surface area contributed by atoms with Gasteiger partial charge in [-0.1, -0.05) is 0 Å². The fourth-order valence-electron chi connectivity index (χ4n) is 5.71. The largest absolute Gasteiger partial charge is 0.341 e. The number of urea groups is 1. The molecule has 0 aliphatic carbocycles. The summed E-state index contributed by atoms with van der Waals surface area (Å²) in [5.74, 6) is 0. The van der Waals surface area contributed by atoms with Crippen LogP contribution in [0.1, 0.15) is 35.1 Å². The number of aromatic amines is 1. The number of pyridine rings is 1. The molecule has 4 heterocycles. The van der Waals surface area contributed by atoms with Gasteiger partial charge in [0.25, 0.3) is 6.43 Å². The van der Waals surface area contributed by atoms with Crippen LogP contribution in [0.15, 0.2) is 59.8 Å². The van der Waals surface area contributed by atoms with Crippen molar-refractivity contribution in [1.29, 1.82) is 0 Å². The Hall–Kier alpha value is -4.47. The van der Waals surface area contributed by atoms with E-state index < -0.39 is 6.43 Å². The molecule has 39 heavy (non-hydrogen) atoms. The van der Waals surface area contributed by atoms with E-state index in [1.54, 1.807) is 48.3 Å². The van der Waals surface area contributed by atoms with Gasteiger partial charge in [-0.3, -0.25) is 9.48 Å². The van der Waals surface area contributed by atoms with E-state index in [1.807, 2.05) is 24.3 Å². The molecule has 10 heteroatoms. The molecule has 6 rings (SSSR count). The fourth-order valence-corrected chi connectivity index (χ4v) is 5.71. The molecule has 0 unspecified atom stereocenters. The molecule has 8 nitrogen and oxygen atoms in total. The first-order chi connectivity index (χ1) is 18.8. The Morgan fingerprint density at radius 2 is 1.90 bits per heavy atom. The van der Waals surface area contributed by atoms with Crippen LogP contribution in [0.4, 0.5) is 25.0 Å². The van der Waals surface area contributed by atoms with Crippen molar-refractivity contribution >= 4 is 17.4 Å². The van der Waals surface area contributed by atoms with E-state index >= 15 is 0 Å². The van der Waals surface area contributed by atoms with Crippen molar-refractivity contribution in [3.8, 4) is 22.3 Å². The Kier molecular flexibility index (Phi) is 6.17. The topological polar surface area (TPSA) is 86.3 Å². The third kappa shape index (κ3) is 4.45.